The van der Waals surface area contributed by atoms with Crippen LogP contribution < -0.4 is 14.4 Å². The normalized spacial score (nSPS) is 16.2. The van der Waals surface area contributed by atoms with Crippen LogP contribution in [-0.4, -0.2) is 69.6 Å². The zero-order valence-corrected chi connectivity index (χ0v) is 26.0. The van der Waals surface area contributed by atoms with E-state index < -0.39 is 5.41 Å². The lowest BCUT2D eigenvalue weighted by molar-refractivity contribution is -0.121. The number of nitrogens with zero attached hydrogens (tertiary/aromatic N) is 3. The topological polar surface area (TPSA) is 62.3 Å². The van der Waals surface area contributed by atoms with Crippen LogP contribution in [0.15, 0.2) is 54.6 Å². The van der Waals surface area contributed by atoms with Crippen molar-refractivity contribution < 1.29 is 19.1 Å². The lowest BCUT2D eigenvalue weighted by atomic mass is 9.76. The summed E-state index contributed by atoms with van der Waals surface area (Å²) in [6, 6.07) is 16.1. The number of anilines is 1. The lowest BCUT2D eigenvalue weighted by Crippen LogP contribution is -2.39. The van der Waals surface area contributed by atoms with Crippen LogP contribution in [-0.2, 0) is 16.8 Å². The van der Waals surface area contributed by atoms with E-state index in [4.69, 9.17) is 32.7 Å². The number of methoxy groups -OCH3 is 2. The predicted molar refractivity (Wildman–Crippen MR) is 165 cm³/mol. The first kappa shape index (κ1) is 30.7. The monoisotopic (exact) mass is 597 g/mol. The minimum Gasteiger partial charge on any atom is -0.497 e. The highest BCUT2D eigenvalue weighted by molar-refractivity contribution is 6.33. The molecular weight excluding hydrogens is 561 g/mol. The largest absolute Gasteiger partial charge is 0.497 e. The number of halogens is 2. The Morgan fingerprint density at radius 1 is 0.951 bits per heavy atom. The zero-order chi connectivity index (χ0) is 29.9. The molecule has 0 aliphatic carbocycles. The van der Waals surface area contributed by atoms with Crippen LogP contribution >= 0.6 is 23.2 Å². The summed E-state index contributed by atoms with van der Waals surface area (Å²) in [5.41, 5.74) is 2.16. The fourth-order valence-corrected chi connectivity index (χ4v) is 5.89. The van der Waals surface area contributed by atoms with Crippen LogP contribution in [0.3, 0.4) is 0 Å². The molecule has 1 aliphatic heterocycles. The zero-order valence-electron chi connectivity index (χ0n) is 24.5. The molecular formula is C32H37Cl2N3O4. The molecule has 1 unspecified atom stereocenters. The molecule has 0 spiro atoms. The predicted octanol–water partition coefficient (Wildman–Crippen LogP) is 6.28. The van der Waals surface area contributed by atoms with Crippen molar-refractivity contribution in [3.63, 3.8) is 0 Å². The highest BCUT2D eigenvalue weighted by Crippen LogP contribution is 2.49. The van der Waals surface area contributed by atoms with Gasteiger partial charge in [0.2, 0.25) is 5.91 Å². The van der Waals surface area contributed by atoms with E-state index in [1.54, 1.807) is 49.5 Å². The van der Waals surface area contributed by atoms with Crippen molar-refractivity contribution >= 4 is 40.7 Å². The molecule has 3 aromatic rings. The first-order valence-electron chi connectivity index (χ1n) is 13.6. The van der Waals surface area contributed by atoms with Crippen LogP contribution in [0.4, 0.5) is 5.69 Å². The van der Waals surface area contributed by atoms with Gasteiger partial charge in [-0.2, -0.15) is 0 Å². The van der Waals surface area contributed by atoms with E-state index in [1.807, 2.05) is 57.1 Å². The molecule has 218 valence electrons. The second-order valence-corrected chi connectivity index (χ2v) is 11.4. The van der Waals surface area contributed by atoms with Gasteiger partial charge in [-0.1, -0.05) is 23.2 Å². The van der Waals surface area contributed by atoms with Gasteiger partial charge in [-0.3, -0.25) is 9.59 Å². The van der Waals surface area contributed by atoms with Crippen molar-refractivity contribution in [1.29, 1.82) is 0 Å². The van der Waals surface area contributed by atoms with Crippen molar-refractivity contribution in [2.45, 2.75) is 32.2 Å². The maximum atomic E-state index is 14.4. The van der Waals surface area contributed by atoms with Crippen molar-refractivity contribution in [2.24, 2.45) is 0 Å². The standard InChI is InChI=1S/C32H37Cl2N3O4/c1-7-36(16-8-15-35(3)4)30(38)21-10-13-27(34)25(17-21)32(2)26-18-23(33)11-14-28(26)37(31(32)39)20-22-9-12-24(40-5)19-29(22)41-6/h9-14,17-19H,7-8,15-16,20H2,1-6H3. The summed E-state index contributed by atoms with van der Waals surface area (Å²) in [6.45, 7) is 6.18. The molecule has 1 aliphatic rings. The average molecular weight is 599 g/mol. The molecule has 3 aromatic carbocycles. The first-order valence-corrected chi connectivity index (χ1v) is 14.4. The number of fused-ring (bicyclic) bond motifs is 1. The van der Waals surface area contributed by atoms with Crippen LogP contribution in [0, 0.1) is 0 Å². The highest BCUT2D eigenvalue weighted by atomic mass is 35.5. The number of carbonyl (C=O) groups is 2. The molecule has 0 bridgehead atoms. The molecule has 9 heteroatoms. The number of hydrogen-bond acceptors (Lipinski definition) is 5. The second-order valence-electron chi connectivity index (χ2n) is 10.6. The molecule has 0 aromatic heterocycles. The van der Waals surface area contributed by atoms with Gasteiger partial charge in [0.1, 0.15) is 16.9 Å². The van der Waals surface area contributed by atoms with Crippen LogP contribution in [0.25, 0.3) is 0 Å². The Bertz CT molecular complexity index is 1440. The minimum atomic E-state index is -1.17. The number of hydrogen-bond donors (Lipinski definition) is 0. The van der Waals surface area contributed by atoms with Gasteiger partial charge in [-0.15, -0.1) is 0 Å². The number of benzene rings is 3. The fraction of sp³-hybridized carbons (Fsp3) is 0.375. The summed E-state index contributed by atoms with van der Waals surface area (Å²) >= 11 is 13.3. The highest BCUT2D eigenvalue weighted by Gasteiger charge is 2.50. The fourth-order valence-electron chi connectivity index (χ4n) is 5.41. The average Bonchev–Trinajstić information content (AvgIpc) is 3.17. The smallest absolute Gasteiger partial charge is 0.253 e. The van der Waals surface area contributed by atoms with E-state index in [1.165, 1.54) is 0 Å². The summed E-state index contributed by atoms with van der Waals surface area (Å²) in [5, 5.41) is 0.913. The molecule has 0 N–H and O–H groups in total. The molecule has 2 amide bonds. The first-order chi connectivity index (χ1) is 19.5. The van der Waals surface area contributed by atoms with Gasteiger partial charge >= 0.3 is 0 Å². The quantitative estimate of drug-likeness (QED) is 0.260. The maximum absolute atomic E-state index is 14.4. The third kappa shape index (κ3) is 6.03. The summed E-state index contributed by atoms with van der Waals surface area (Å²) < 4.78 is 10.9. The molecule has 4 rings (SSSR count). The Morgan fingerprint density at radius 2 is 1.71 bits per heavy atom. The van der Waals surface area contributed by atoms with Crippen LogP contribution in [0.5, 0.6) is 11.5 Å². The number of ether oxygens (including phenoxy) is 2. The van der Waals surface area contributed by atoms with E-state index >= 15 is 0 Å². The molecule has 0 saturated heterocycles. The third-order valence-corrected chi connectivity index (χ3v) is 8.30. The van der Waals surface area contributed by atoms with E-state index in [9.17, 15) is 9.59 Å². The maximum Gasteiger partial charge on any atom is 0.253 e. The van der Waals surface area contributed by atoms with Gasteiger partial charge in [0.25, 0.3) is 5.91 Å². The second kappa shape index (κ2) is 12.7. The van der Waals surface area contributed by atoms with E-state index in [2.05, 4.69) is 4.90 Å². The molecule has 0 fully saturated rings. The Hall–Kier alpha value is -3.26. The lowest BCUT2D eigenvalue weighted by Gasteiger charge is -2.28. The molecule has 1 atom stereocenters. The van der Waals surface area contributed by atoms with Gasteiger partial charge < -0.3 is 24.2 Å². The third-order valence-electron chi connectivity index (χ3n) is 7.74. The van der Waals surface area contributed by atoms with Gasteiger partial charge in [-0.05, 0) is 101 Å². The van der Waals surface area contributed by atoms with E-state index in [0.717, 1.165) is 29.8 Å². The SMILES string of the molecule is CCN(CCCN(C)C)C(=O)c1ccc(Cl)c(C2(C)C(=O)N(Cc3ccc(OC)cc3OC)c3ccc(Cl)cc32)c1. The number of rotatable bonds is 11. The minimum absolute atomic E-state index is 0.0932. The van der Waals surface area contributed by atoms with Gasteiger partial charge in [0, 0.05) is 46.0 Å². The van der Waals surface area contributed by atoms with Gasteiger partial charge in [0.05, 0.1) is 20.8 Å². The van der Waals surface area contributed by atoms with Gasteiger partial charge in [-0.25, -0.2) is 0 Å². The number of carbonyl (C=O) groups excluding carboxylic acids is 2. The van der Waals surface area contributed by atoms with Crippen molar-refractivity contribution in [2.75, 3.05) is 52.8 Å². The summed E-state index contributed by atoms with van der Waals surface area (Å²) in [5.74, 6) is 1.01. The molecule has 0 radical (unpaired) electrons. The van der Waals surface area contributed by atoms with Crippen molar-refractivity contribution in [3.05, 3.63) is 86.9 Å². The number of amides is 2. The summed E-state index contributed by atoms with van der Waals surface area (Å²) in [4.78, 5) is 33.6. The molecule has 1 heterocycles. The van der Waals surface area contributed by atoms with Gasteiger partial charge in [0.15, 0.2) is 0 Å². The van der Waals surface area contributed by atoms with Crippen molar-refractivity contribution in [3.8, 4) is 11.5 Å². The van der Waals surface area contributed by atoms with E-state index in [0.29, 0.717) is 45.8 Å². The van der Waals surface area contributed by atoms with Crippen molar-refractivity contribution in [1.82, 2.24) is 9.80 Å². The van der Waals surface area contributed by atoms with Crippen LogP contribution in [0.2, 0.25) is 10.0 Å². The Kier molecular flexibility index (Phi) is 9.52. The molecule has 7 nitrogen and oxygen atoms in total. The Morgan fingerprint density at radius 3 is 2.37 bits per heavy atom. The molecule has 0 saturated carbocycles. The Balaban J connectivity index is 1.75. The van der Waals surface area contributed by atoms with Crippen LogP contribution in [0.1, 0.15) is 47.3 Å². The molecule has 41 heavy (non-hydrogen) atoms. The Labute approximate surface area is 252 Å². The summed E-state index contributed by atoms with van der Waals surface area (Å²) in [6.07, 6.45) is 0.860. The summed E-state index contributed by atoms with van der Waals surface area (Å²) in [7, 11) is 7.21. The van der Waals surface area contributed by atoms with E-state index in [-0.39, 0.29) is 18.4 Å².